The monoisotopic (exact) mass is 253 g/mol. The van der Waals surface area contributed by atoms with E-state index >= 15 is 0 Å². The zero-order valence-electron chi connectivity index (χ0n) is 9.65. The predicted octanol–water partition coefficient (Wildman–Crippen LogP) is 4.48. The van der Waals surface area contributed by atoms with Gasteiger partial charge in [-0.3, -0.25) is 0 Å². The highest BCUT2D eigenvalue weighted by atomic mass is 35.6. The van der Waals surface area contributed by atoms with Crippen molar-refractivity contribution in [3.8, 4) is 0 Å². The van der Waals surface area contributed by atoms with Crippen LogP contribution in [0.2, 0.25) is 19.1 Å². The SMILES string of the molecule is C[Si](C)(Cl)CCc1ccc(CN=[N+]=[N-])cc1. The summed E-state index contributed by atoms with van der Waals surface area (Å²) in [6.07, 6.45) is 1.03. The smallest absolute Gasteiger partial charge is 0.150 e. The Kier molecular flexibility index (Phi) is 4.87. The molecule has 86 valence electrons. The van der Waals surface area contributed by atoms with Crippen molar-refractivity contribution in [3.05, 3.63) is 45.8 Å². The van der Waals surface area contributed by atoms with E-state index in [0.29, 0.717) is 6.54 Å². The standard InChI is InChI=1S/C11H16ClN3Si/c1-16(2,12)8-7-10-3-5-11(6-4-10)9-14-15-13/h3-6H,7-9H2,1-2H3. The van der Waals surface area contributed by atoms with Gasteiger partial charge in [0.2, 0.25) is 0 Å². The number of benzene rings is 1. The highest BCUT2D eigenvalue weighted by Crippen LogP contribution is 2.18. The number of azide groups is 1. The van der Waals surface area contributed by atoms with Crippen molar-refractivity contribution in [1.82, 2.24) is 0 Å². The van der Waals surface area contributed by atoms with Crippen molar-refractivity contribution in [2.24, 2.45) is 5.11 Å². The molecular formula is C11H16ClN3Si. The van der Waals surface area contributed by atoms with Gasteiger partial charge in [-0.05, 0) is 29.1 Å². The first-order valence-corrected chi connectivity index (χ1v) is 9.51. The minimum Gasteiger partial charge on any atom is -0.168 e. The van der Waals surface area contributed by atoms with Gasteiger partial charge in [-0.1, -0.05) is 42.5 Å². The molecule has 0 N–H and O–H groups in total. The molecular weight excluding hydrogens is 238 g/mol. The summed E-state index contributed by atoms with van der Waals surface area (Å²) in [7, 11) is -1.47. The number of aryl methyl sites for hydroxylation is 1. The minimum absolute atomic E-state index is 0.423. The first-order chi connectivity index (χ1) is 7.51. The molecule has 0 amide bonds. The molecule has 0 bridgehead atoms. The fourth-order valence-electron chi connectivity index (χ4n) is 1.37. The topological polar surface area (TPSA) is 48.8 Å². The highest BCUT2D eigenvalue weighted by molar-refractivity contribution is 7.19. The summed E-state index contributed by atoms with van der Waals surface area (Å²) in [6, 6.07) is 9.27. The van der Waals surface area contributed by atoms with Crippen molar-refractivity contribution >= 4 is 18.5 Å². The lowest BCUT2D eigenvalue weighted by atomic mass is 10.1. The summed E-state index contributed by atoms with van der Waals surface area (Å²) in [6.45, 7) is 4.74. The summed E-state index contributed by atoms with van der Waals surface area (Å²) in [5.74, 6) is 0. The number of hydrogen-bond donors (Lipinski definition) is 0. The second-order valence-electron chi connectivity index (χ2n) is 4.42. The number of hydrogen-bond acceptors (Lipinski definition) is 1. The van der Waals surface area contributed by atoms with Crippen molar-refractivity contribution < 1.29 is 0 Å². The molecule has 0 aromatic heterocycles. The van der Waals surface area contributed by atoms with E-state index in [-0.39, 0.29) is 0 Å². The third-order valence-corrected chi connectivity index (χ3v) is 4.35. The number of halogens is 1. The predicted molar refractivity (Wildman–Crippen MR) is 71.1 cm³/mol. The van der Waals surface area contributed by atoms with E-state index in [1.165, 1.54) is 5.56 Å². The lowest BCUT2D eigenvalue weighted by Crippen LogP contribution is -2.16. The van der Waals surface area contributed by atoms with Gasteiger partial charge in [-0.15, -0.1) is 0 Å². The van der Waals surface area contributed by atoms with Gasteiger partial charge in [0.05, 0.1) is 6.54 Å². The van der Waals surface area contributed by atoms with Crippen LogP contribution in [0.3, 0.4) is 0 Å². The van der Waals surface area contributed by atoms with Gasteiger partial charge in [0, 0.05) is 4.91 Å². The van der Waals surface area contributed by atoms with Crippen LogP contribution in [-0.4, -0.2) is 7.38 Å². The molecule has 0 aliphatic heterocycles. The van der Waals surface area contributed by atoms with Gasteiger partial charge in [0.15, 0.2) is 7.38 Å². The van der Waals surface area contributed by atoms with Crippen LogP contribution in [0.5, 0.6) is 0 Å². The van der Waals surface area contributed by atoms with E-state index in [9.17, 15) is 0 Å². The molecule has 0 unspecified atom stereocenters. The van der Waals surface area contributed by atoms with Crippen LogP contribution in [0.4, 0.5) is 0 Å². The molecule has 1 aromatic rings. The zero-order chi connectivity index (χ0) is 12.0. The molecule has 16 heavy (non-hydrogen) atoms. The van der Waals surface area contributed by atoms with Crippen LogP contribution in [0.1, 0.15) is 11.1 Å². The maximum absolute atomic E-state index is 8.20. The first kappa shape index (κ1) is 13.1. The molecule has 0 saturated carbocycles. The molecule has 0 heterocycles. The summed E-state index contributed by atoms with van der Waals surface area (Å²) < 4.78 is 0. The average Bonchev–Trinajstić information content (AvgIpc) is 2.24. The molecule has 5 heteroatoms. The van der Waals surface area contributed by atoms with Gasteiger partial charge < -0.3 is 0 Å². The molecule has 0 aliphatic carbocycles. The van der Waals surface area contributed by atoms with Crippen molar-refractivity contribution in [2.45, 2.75) is 32.1 Å². The van der Waals surface area contributed by atoms with Crippen molar-refractivity contribution in [2.75, 3.05) is 0 Å². The fraction of sp³-hybridized carbons (Fsp3) is 0.455. The molecule has 0 spiro atoms. The largest absolute Gasteiger partial charge is 0.168 e. The van der Waals surface area contributed by atoms with Crippen LogP contribution < -0.4 is 0 Å². The van der Waals surface area contributed by atoms with E-state index in [4.69, 9.17) is 16.6 Å². The van der Waals surface area contributed by atoms with Gasteiger partial charge in [-0.25, -0.2) is 0 Å². The minimum atomic E-state index is -1.47. The van der Waals surface area contributed by atoms with E-state index < -0.39 is 7.38 Å². The van der Waals surface area contributed by atoms with Crippen LogP contribution in [0.25, 0.3) is 10.4 Å². The van der Waals surface area contributed by atoms with Crippen LogP contribution in [0, 0.1) is 0 Å². The molecule has 0 atom stereocenters. The lowest BCUT2D eigenvalue weighted by molar-refractivity contribution is 1.03. The molecule has 1 rings (SSSR count). The van der Waals surface area contributed by atoms with Crippen LogP contribution in [0.15, 0.2) is 29.4 Å². The van der Waals surface area contributed by atoms with Crippen LogP contribution in [-0.2, 0) is 13.0 Å². The average molecular weight is 254 g/mol. The van der Waals surface area contributed by atoms with Crippen molar-refractivity contribution in [1.29, 1.82) is 0 Å². The van der Waals surface area contributed by atoms with Crippen molar-refractivity contribution in [3.63, 3.8) is 0 Å². The van der Waals surface area contributed by atoms with E-state index in [0.717, 1.165) is 18.0 Å². The molecule has 1 aromatic carbocycles. The van der Waals surface area contributed by atoms with Gasteiger partial charge in [0.25, 0.3) is 0 Å². The number of nitrogens with zero attached hydrogens (tertiary/aromatic N) is 3. The fourth-order valence-corrected chi connectivity index (χ4v) is 2.53. The summed E-state index contributed by atoms with van der Waals surface area (Å²) in [5, 5.41) is 3.52. The number of rotatable bonds is 5. The summed E-state index contributed by atoms with van der Waals surface area (Å²) in [5.41, 5.74) is 10.5. The Labute approximate surface area is 102 Å². The quantitative estimate of drug-likeness (QED) is 0.244. The Morgan fingerprint density at radius 3 is 2.31 bits per heavy atom. The van der Waals surface area contributed by atoms with E-state index in [1.807, 2.05) is 12.1 Å². The summed E-state index contributed by atoms with van der Waals surface area (Å²) in [4.78, 5) is 2.74. The Morgan fingerprint density at radius 2 is 1.81 bits per heavy atom. The third kappa shape index (κ3) is 5.21. The van der Waals surface area contributed by atoms with Crippen LogP contribution >= 0.6 is 11.1 Å². The Hall–Kier alpha value is -0.963. The normalized spacial score (nSPS) is 10.9. The van der Waals surface area contributed by atoms with Gasteiger partial charge in [0.1, 0.15) is 0 Å². The molecule has 0 fully saturated rings. The van der Waals surface area contributed by atoms with E-state index in [2.05, 4.69) is 35.3 Å². The highest BCUT2D eigenvalue weighted by Gasteiger charge is 2.16. The Morgan fingerprint density at radius 1 is 1.25 bits per heavy atom. The lowest BCUT2D eigenvalue weighted by Gasteiger charge is -2.12. The molecule has 0 aliphatic rings. The second kappa shape index (κ2) is 5.94. The van der Waals surface area contributed by atoms with Gasteiger partial charge in [-0.2, -0.15) is 11.1 Å². The first-order valence-electron chi connectivity index (χ1n) is 5.29. The molecule has 0 saturated heterocycles. The van der Waals surface area contributed by atoms with E-state index in [1.54, 1.807) is 0 Å². The molecule has 0 radical (unpaired) electrons. The molecule has 3 nitrogen and oxygen atoms in total. The maximum atomic E-state index is 8.20. The van der Waals surface area contributed by atoms with Gasteiger partial charge >= 0.3 is 0 Å². The second-order valence-corrected chi connectivity index (χ2v) is 11.4. The zero-order valence-corrected chi connectivity index (χ0v) is 11.4. The Balaban J connectivity index is 2.54. The maximum Gasteiger partial charge on any atom is 0.150 e. The third-order valence-electron chi connectivity index (χ3n) is 2.35. The Bertz CT molecular complexity index is 377. The summed E-state index contributed by atoms with van der Waals surface area (Å²) >= 11 is 6.27.